The number of nitrogens with zero attached hydrogens (tertiary/aromatic N) is 1. The van der Waals surface area contributed by atoms with E-state index in [0.29, 0.717) is 29.8 Å². The van der Waals surface area contributed by atoms with Gasteiger partial charge in [-0.3, -0.25) is 9.69 Å². The van der Waals surface area contributed by atoms with E-state index in [4.69, 9.17) is 4.42 Å². The molecule has 184 valence electrons. The van der Waals surface area contributed by atoms with Crippen LogP contribution in [0.2, 0.25) is 0 Å². The number of nitrogens with one attached hydrogen (secondary N) is 2. The van der Waals surface area contributed by atoms with Crippen molar-refractivity contribution >= 4 is 28.9 Å². The molecule has 1 aliphatic heterocycles. The number of carbonyl (C=O) groups excluding carboxylic acids is 2. The fourth-order valence-corrected chi connectivity index (χ4v) is 5.31. The van der Waals surface area contributed by atoms with Gasteiger partial charge in [0, 0.05) is 29.3 Å². The van der Waals surface area contributed by atoms with Crippen LogP contribution in [0.15, 0.2) is 113 Å². The summed E-state index contributed by atoms with van der Waals surface area (Å²) in [7, 11) is 0. The molecule has 3 aromatic carbocycles. The number of urea groups is 1. The molecule has 0 bridgehead atoms. The topological polar surface area (TPSA) is 74.6 Å². The van der Waals surface area contributed by atoms with E-state index in [9.17, 15) is 9.59 Å². The number of hydrogen-bond donors (Lipinski definition) is 2. The van der Waals surface area contributed by atoms with E-state index in [-0.39, 0.29) is 17.7 Å². The van der Waals surface area contributed by atoms with E-state index in [1.54, 1.807) is 11.2 Å². The zero-order valence-electron chi connectivity index (χ0n) is 20.5. The molecule has 6 heteroatoms. The van der Waals surface area contributed by atoms with Gasteiger partial charge in [-0.25, -0.2) is 4.79 Å². The number of aryl methyl sites for hydroxylation is 1. The van der Waals surface area contributed by atoms with Crippen LogP contribution in [0.25, 0.3) is 0 Å². The Morgan fingerprint density at radius 1 is 0.919 bits per heavy atom. The zero-order chi connectivity index (χ0) is 25.4. The maximum absolute atomic E-state index is 14.0. The lowest BCUT2D eigenvalue weighted by atomic mass is 9.80. The highest BCUT2D eigenvalue weighted by molar-refractivity contribution is 6.09. The van der Waals surface area contributed by atoms with Crippen LogP contribution < -0.4 is 15.5 Å². The number of para-hydroxylation sites is 2. The summed E-state index contributed by atoms with van der Waals surface area (Å²) in [4.78, 5) is 29.6. The second-order valence-electron chi connectivity index (χ2n) is 9.56. The minimum absolute atomic E-state index is 0.00458. The number of anilines is 3. The third-order valence-electron chi connectivity index (χ3n) is 7.07. The summed E-state index contributed by atoms with van der Waals surface area (Å²) in [6.07, 6.45) is 2.57. The molecule has 1 aliphatic carbocycles. The van der Waals surface area contributed by atoms with Gasteiger partial charge in [0.2, 0.25) is 0 Å². The van der Waals surface area contributed by atoms with E-state index in [1.165, 1.54) is 0 Å². The molecule has 0 spiro atoms. The van der Waals surface area contributed by atoms with Gasteiger partial charge in [-0.1, -0.05) is 60.2 Å². The first-order valence-electron chi connectivity index (χ1n) is 12.5. The van der Waals surface area contributed by atoms with E-state index < -0.39 is 6.04 Å². The number of benzene rings is 3. The van der Waals surface area contributed by atoms with Crippen molar-refractivity contribution in [1.29, 1.82) is 0 Å². The standard InChI is InChI=1S/C31H27N3O3/c1-20-13-15-23(16-14-20)32-31(36)34-26-11-6-5-10-24(26)33-25-18-22(28-12-7-17-37-28)19-27(35)29(25)30(34)21-8-3-2-4-9-21/h2-17,22,30,33H,18-19H2,1H3,(H,32,36). The number of allylic oxidation sites excluding steroid dienone is 1. The molecule has 0 saturated heterocycles. The number of carbonyl (C=O) groups is 2. The van der Waals surface area contributed by atoms with E-state index in [0.717, 1.165) is 28.3 Å². The predicted octanol–water partition coefficient (Wildman–Crippen LogP) is 7.19. The molecule has 2 aliphatic rings. The molecule has 6 nitrogen and oxygen atoms in total. The quantitative estimate of drug-likeness (QED) is 0.319. The summed E-state index contributed by atoms with van der Waals surface area (Å²) < 4.78 is 5.67. The third kappa shape index (κ3) is 4.31. The lowest BCUT2D eigenvalue weighted by molar-refractivity contribution is -0.116. The summed E-state index contributed by atoms with van der Waals surface area (Å²) in [5.41, 5.74) is 5.60. The molecule has 4 aromatic rings. The molecule has 2 atom stereocenters. The lowest BCUT2D eigenvalue weighted by Crippen LogP contribution is -2.41. The molecule has 2 N–H and O–H groups in total. The molecule has 6 rings (SSSR count). The van der Waals surface area contributed by atoms with Gasteiger partial charge in [0.25, 0.3) is 0 Å². The Hall–Kier alpha value is -4.58. The number of ketones is 1. The van der Waals surface area contributed by atoms with E-state index >= 15 is 0 Å². The Balaban J connectivity index is 1.50. The number of furan rings is 1. The number of Topliss-reactive ketones (excluding diaryl/α,β-unsaturated/α-hetero) is 1. The van der Waals surface area contributed by atoms with Crippen LogP contribution in [0, 0.1) is 6.92 Å². The van der Waals surface area contributed by atoms with Crippen molar-refractivity contribution < 1.29 is 14.0 Å². The Morgan fingerprint density at radius 2 is 1.68 bits per heavy atom. The van der Waals surface area contributed by atoms with Crippen molar-refractivity contribution in [2.45, 2.75) is 31.7 Å². The molecule has 0 radical (unpaired) electrons. The minimum atomic E-state index is -0.595. The van der Waals surface area contributed by atoms with Gasteiger partial charge in [0.1, 0.15) is 5.76 Å². The van der Waals surface area contributed by atoms with Gasteiger partial charge >= 0.3 is 6.03 Å². The van der Waals surface area contributed by atoms with Crippen molar-refractivity contribution in [3.63, 3.8) is 0 Å². The summed E-state index contributed by atoms with van der Waals surface area (Å²) in [6, 6.07) is 28.0. The van der Waals surface area contributed by atoms with Gasteiger partial charge in [-0.05, 0) is 55.3 Å². The molecule has 2 heterocycles. The predicted molar refractivity (Wildman–Crippen MR) is 145 cm³/mol. The van der Waals surface area contributed by atoms with Gasteiger partial charge in [-0.15, -0.1) is 0 Å². The van der Waals surface area contributed by atoms with Crippen molar-refractivity contribution in [3.05, 3.63) is 125 Å². The molecular weight excluding hydrogens is 462 g/mol. The zero-order valence-corrected chi connectivity index (χ0v) is 20.5. The average Bonchev–Trinajstić information content (AvgIpc) is 3.40. The average molecular weight is 490 g/mol. The van der Waals surface area contributed by atoms with Crippen molar-refractivity contribution in [2.75, 3.05) is 15.5 Å². The first-order valence-corrected chi connectivity index (χ1v) is 12.5. The SMILES string of the molecule is Cc1ccc(NC(=O)N2c3ccccc3NC3=C(C(=O)CC(c4ccco4)C3)C2c2ccccc2)cc1. The van der Waals surface area contributed by atoms with Crippen LogP contribution in [-0.4, -0.2) is 11.8 Å². The maximum Gasteiger partial charge on any atom is 0.327 e. The number of fused-ring (bicyclic) bond motifs is 1. The first-order chi connectivity index (χ1) is 18.1. The molecule has 2 unspecified atom stereocenters. The highest BCUT2D eigenvalue weighted by Gasteiger charge is 2.42. The second-order valence-corrected chi connectivity index (χ2v) is 9.56. The monoisotopic (exact) mass is 489 g/mol. The van der Waals surface area contributed by atoms with Crippen molar-refractivity contribution in [1.82, 2.24) is 0 Å². The van der Waals surface area contributed by atoms with Crippen LogP contribution in [-0.2, 0) is 4.79 Å². The molecule has 0 fully saturated rings. The lowest BCUT2D eigenvalue weighted by Gasteiger charge is -2.34. The first kappa shape index (κ1) is 22.9. The van der Waals surface area contributed by atoms with Crippen LogP contribution in [0.1, 0.15) is 41.7 Å². The number of hydrogen-bond acceptors (Lipinski definition) is 4. The van der Waals surface area contributed by atoms with Crippen LogP contribution >= 0.6 is 0 Å². The maximum atomic E-state index is 14.0. The smallest absolute Gasteiger partial charge is 0.327 e. The molecule has 2 amide bonds. The summed E-state index contributed by atoms with van der Waals surface area (Å²) in [5.74, 6) is 0.736. The third-order valence-corrected chi connectivity index (χ3v) is 7.07. The fraction of sp³-hybridized carbons (Fsp3) is 0.161. The Kier molecular flexibility index (Phi) is 5.85. The Morgan fingerprint density at radius 3 is 2.43 bits per heavy atom. The molecule has 37 heavy (non-hydrogen) atoms. The second kappa shape index (κ2) is 9.47. The van der Waals surface area contributed by atoms with Crippen molar-refractivity contribution in [2.24, 2.45) is 0 Å². The molecular formula is C31H27N3O3. The van der Waals surface area contributed by atoms with Gasteiger partial charge in [0.05, 0.1) is 23.7 Å². The summed E-state index contributed by atoms with van der Waals surface area (Å²) in [6.45, 7) is 2.01. The summed E-state index contributed by atoms with van der Waals surface area (Å²) in [5, 5.41) is 6.59. The van der Waals surface area contributed by atoms with E-state index in [2.05, 4.69) is 10.6 Å². The normalized spacial score (nSPS) is 18.9. The van der Waals surface area contributed by atoms with Gasteiger partial charge < -0.3 is 15.1 Å². The van der Waals surface area contributed by atoms with Crippen molar-refractivity contribution in [3.8, 4) is 0 Å². The van der Waals surface area contributed by atoms with Crippen LogP contribution in [0.3, 0.4) is 0 Å². The number of amides is 2. The highest BCUT2D eigenvalue weighted by atomic mass is 16.3. The number of rotatable bonds is 3. The van der Waals surface area contributed by atoms with E-state index in [1.807, 2.05) is 97.9 Å². The minimum Gasteiger partial charge on any atom is -0.469 e. The van der Waals surface area contributed by atoms with Crippen LogP contribution in [0.5, 0.6) is 0 Å². The largest absolute Gasteiger partial charge is 0.469 e. The highest BCUT2D eigenvalue weighted by Crippen LogP contribution is 2.47. The molecule has 1 aromatic heterocycles. The summed E-state index contributed by atoms with van der Waals surface area (Å²) >= 11 is 0. The molecule has 0 saturated carbocycles. The Labute approximate surface area is 215 Å². The Bertz CT molecular complexity index is 1470. The fourth-order valence-electron chi connectivity index (χ4n) is 5.31. The van der Waals surface area contributed by atoms with Gasteiger partial charge in [-0.2, -0.15) is 0 Å². The van der Waals surface area contributed by atoms with Crippen LogP contribution in [0.4, 0.5) is 21.9 Å². The van der Waals surface area contributed by atoms with Gasteiger partial charge in [0.15, 0.2) is 5.78 Å².